The van der Waals surface area contributed by atoms with Gasteiger partial charge in [0.2, 0.25) is 5.69 Å². The summed E-state index contributed by atoms with van der Waals surface area (Å²) < 4.78 is 9.25. The monoisotopic (exact) mass is 500 g/mol. The highest BCUT2D eigenvalue weighted by atomic mass is 16.5. The number of hydrogen-bond donors (Lipinski definition) is 0. The highest BCUT2D eigenvalue weighted by molar-refractivity contribution is 6.16. The summed E-state index contributed by atoms with van der Waals surface area (Å²) in [5, 5.41) is 7.78. The summed E-state index contributed by atoms with van der Waals surface area (Å²) >= 11 is 0. The van der Waals surface area contributed by atoms with Gasteiger partial charge < -0.3 is 4.74 Å². The van der Waals surface area contributed by atoms with Crippen LogP contribution in [0.4, 0.5) is 0 Å². The van der Waals surface area contributed by atoms with E-state index in [0.717, 1.165) is 11.5 Å². The number of nitrogens with zero attached hydrogens (tertiary/aromatic N) is 1. The van der Waals surface area contributed by atoms with Crippen molar-refractivity contribution in [3.05, 3.63) is 77.5 Å². The molecule has 192 valence electrons. The molecule has 7 rings (SSSR count). The van der Waals surface area contributed by atoms with Gasteiger partial charge in [-0.15, -0.1) is 0 Å². The van der Waals surface area contributed by atoms with Gasteiger partial charge in [0.1, 0.15) is 18.5 Å². The molecule has 0 radical (unpaired) electrons. The van der Waals surface area contributed by atoms with Crippen LogP contribution >= 0.6 is 0 Å². The van der Waals surface area contributed by atoms with E-state index in [2.05, 4.69) is 107 Å². The second kappa shape index (κ2) is 8.30. The molecule has 1 aliphatic carbocycles. The first kappa shape index (κ1) is 23.7. The largest absolute Gasteiger partial charge is 0.455 e. The highest BCUT2D eigenvalue weighted by Crippen LogP contribution is 2.53. The molecule has 1 saturated carbocycles. The Kier molecular flexibility index (Phi) is 5.18. The lowest BCUT2D eigenvalue weighted by atomic mass is 9.71. The fourth-order valence-electron chi connectivity index (χ4n) is 7.32. The fourth-order valence-corrected chi connectivity index (χ4v) is 7.32. The molecule has 0 amide bonds. The minimum atomic E-state index is 0.351. The molecule has 1 aliphatic heterocycles. The zero-order chi connectivity index (χ0) is 26.3. The van der Waals surface area contributed by atoms with Gasteiger partial charge in [0.25, 0.3) is 0 Å². The molecule has 2 heterocycles. The molecule has 0 N–H and O–H groups in total. The summed E-state index contributed by atoms with van der Waals surface area (Å²) in [4.78, 5) is 0. The van der Waals surface area contributed by atoms with Gasteiger partial charge in [0.05, 0.1) is 10.9 Å². The van der Waals surface area contributed by atoms with Gasteiger partial charge in [-0.05, 0) is 88.6 Å². The molecule has 5 aromatic rings. The number of rotatable bonds is 2. The Hall–Kier alpha value is -3.39. The van der Waals surface area contributed by atoms with E-state index >= 15 is 0 Å². The van der Waals surface area contributed by atoms with Gasteiger partial charge in [-0.3, -0.25) is 0 Å². The summed E-state index contributed by atoms with van der Waals surface area (Å²) in [6.07, 6.45) is 7.44. The fraction of sp³-hybridized carbons (Fsp3) is 0.361. The molecule has 0 bridgehead atoms. The van der Waals surface area contributed by atoms with Gasteiger partial charge in [0.15, 0.2) is 6.20 Å². The van der Waals surface area contributed by atoms with Crippen molar-refractivity contribution < 1.29 is 9.30 Å². The predicted molar refractivity (Wildman–Crippen MR) is 159 cm³/mol. The Morgan fingerprint density at radius 2 is 1.63 bits per heavy atom. The maximum atomic E-state index is 6.95. The molecule has 2 heteroatoms. The molecule has 38 heavy (non-hydrogen) atoms. The number of ether oxygens (including phenoxy) is 1. The van der Waals surface area contributed by atoms with Crippen LogP contribution < -0.4 is 9.30 Å². The summed E-state index contributed by atoms with van der Waals surface area (Å²) in [7, 11) is 2.18. The van der Waals surface area contributed by atoms with Crippen LogP contribution in [0.15, 0.2) is 60.8 Å². The highest BCUT2D eigenvalue weighted by Gasteiger charge is 2.34. The molecule has 0 saturated heterocycles. The van der Waals surface area contributed by atoms with Gasteiger partial charge in [-0.25, -0.2) is 4.57 Å². The maximum Gasteiger partial charge on any atom is 0.228 e. The normalized spacial score (nSPS) is 16.8. The Labute approximate surface area is 226 Å². The van der Waals surface area contributed by atoms with Crippen molar-refractivity contribution >= 4 is 32.3 Å². The number of benzene rings is 4. The standard InChI is InChI=1S/C36H38NO/c1-21(2)31-27-10-8-7-9-26(27)22(3)32-34-33-28(15-18-37(34)6)29-19-24(23-13-16-36(4,5)17-14-23)11-12-25(29)20-30(33)38-35(31)32/h7-12,15,18-21,23H,13-14,16-17H2,1-6H3/q+1. The van der Waals surface area contributed by atoms with E-state index in [1.807, 2.05) is 0 Å². The quantitative estimate of drug-likeness (QED) is 0.170. The number of aromatic nitrogens is 1. The Bertz CT molecular complexity index is 1760. The number of aryl methyl sites for hydroxylation is 2. The minimum absolute atomic E-state index is 0.351. The second-order valence-electron chi connectivity index (χ2n) is 12.9. The van der Waals surface area contributed by atoms with E-state index in [0.29, 0.717) is 17.3 Å². The van der Waals surface area contributed by atoms with Gasteiger partial charge in [-0.2, -0.15) is 0 Å². The molecule has 0 spiro atoms. The molecule has 0 atom stereocenters. The molecule has 2 nitrogen and oxygen atoms in total. The van der Waals surface area contributed by atoms with E-state index < -0.39 is 0 Å². The first-order chi connectivity index (χ1) is 18.2. The zero-order valence-corrected chi connectivity index (χ0v) is 23.6. The van der Waals surface area contributed by atoms with Crippen molar-refractivity contribution in [1.29, 1.82) is 0 Å². The molecule has 0 unspecified atom stereocenters. The lowest BCUT2D eigenvalue weighted by molar-refractivity contribution is -0.659. The van der Waals surface area contributed by atoms with Crippen LogP contribution in [0.25, 0.3) is 43.6 Å². The number of hydrogen-bond acceptors (Lipinski definition) is 1. The summed E-state index contributed by atoms with van der Waals surface area (Å²) in [6.45, 7) is 11.7. The summed E-state index contributed by atoms with van der Waals surface area (Å²) in [5.74, 6) is 3.03. The number of pyridine rings is 1. The van der Waals surface area contributed by atoms with Crippen molar-refractivity contribution in [3.63, 3.8) is 0 Å². The third kappa shape index (κ3) is 3.42. The van der Waals surface area contributed by atoms with Gasteiger partial charge >= 0.3 is 0 Å². The van der Waals surface area contributed by atoms with Crippen LogP contribution in [-0.2, 0) is 7.05 Å². The van der Waals surface area contributed by atoms with Crippen LogP contribution in [0.2, 0.25) is 0 Å². The van der Waals surface area contributed by atoms with E-state index in [4.69, 9.17) is 4.74 Å². The van der Waals surface area contributed by atoms with Crippen LogP contribution in [0.3, 0.4) is 0 Å². The van der Waals surface area contributed by atoms with Crippen LogP contribution in [0.5, 0.6) is 11.5 Å². The van der Waals surface area contributed by atoms with Crippen LogP contribution in [-0.4, -0.2) is 0 Å². The average molecular weight is 501 g/mol. The van der Waals surface area contributed by atoms with Gasteiger partial charge in [0, 0.05) is 17.0 Å². The summed E-state index contributed by atoms with van der Waals surface area (Å²) in [5.41, 5.74) is 7.11. The molecular weight excluding hydrogens is 462 g/mol. The third-order valence-corrected chi connectivity index (χ3v) is 9.53. The van der Waals surface area contributed by atoms with Crippen LogP contribution in [0, 0.1) is 12.3 Å². The van der Waals surface area contributed by atoms with Gasteiger partial charge in [-0.1, -0.05) is 70.2 Å². The zero-order valence-electron chi connectivity index (χ0n) is 23.6. The first-order valence-corrected chi connectivity index (χ1v) is 14.4. The maximum absolute atomic E-state index is 6.95. The molecular formula is C36H38NO+. The van der Waals surface area contributed by atoms with Crippen molar-refractivity contribution in [3.8, 4) is 22.8 Å². The first-order valence-electron chi connectivity index (χ1n) is 14.4. The molecule has 4 aromatic carbocycles. The van der Waals surface area contributed by atoms with Crippen molar-refractivity contribution in [2.75, 3.05) is 0 Å². The molecule has 1 fully saturated rings. The van der Waals surface area contributed by atoms with E-state index in [1.165, 1.54) is 85.9 Å². The average Bonchev–Trinajstić information content (AvgIpc) is 2.89. The smallest absolute Gasteiger partial charge is 0.228 e. The molecule has 2 aliphatic rings. The van der Waals surface area contributed by atoms with Crippen molar-refractivity contribution in [1.82, 2.24) is 0 Å². The minimum Gasteiger partial charge on any atom is -0.455 e. The molecule has 1 aromatic heterocycles. The van der Waals surface area contributed by atoms with E-state index in [9.17, 15) is 0 Å². The van der Waals surface area contributed by atoms with E-state index in [1.54, 1.807) is 0 Å². The predicted octanol–water partition coefficient (Wildman–Crippen LogP) is 9.86. The summed E-state index contributed by atoms with van der Waals surface area (Å²) in [6, 6.07) is 20.6. The topological polar surface area (TPSA) is 13.1 Å². The third-order valence-electron chi connectivity index (χ3n) is 9.53. The second-order valence-corrected chi connectivity index (χ2v) is 12.9. The Balaban J connectivity index is 1.51. The number of fused-ring (bicyclic) bond motifs is 5. The van der Waals surface area contributed by atoms with Crippen molar-refractivity contribution in [2.24, 2.45) is 12.5 Å². The van der Waals surface area contributed by atoms with Crippen molar-refractivity contribution in [2.45, 2.75) is 72.1 Å². The van der Waals surface area contributed by atoms with Crippen LogP contribution in [0.1, 0.15) is 81.9 Å². The lowest BCUT2D eigenvalue weighted by Crippen LogP contribution is -2.32. The Morgan fingerprint density at radius 3 is 2.37 bits per heavy atom. The van der Waals surface area contributed by atoms with E-state index in [-0.39, 0.29) is 0 Å². The SMILES string of the molecule is Cc1c2c(c(C(C)C)c3ccccc13)Oc1cc3ccc(C4CCC(C)(C)CC4)cc3c3cc[n+](C)c-2c13. The Morgan fingerprint density at radius 1 is 0.895 bits per heavy atom. The lowest BCUT2D eigenvalue weighted by Gasteiger charge is -2.34.